The van der Waals surface area contributed by atoms with Crippen LogP contribution >= 0.6 is 23.2 Å². The highest BCUT2D eigenvalue weighted by Gasteiger charge is 2.27. The zero-order valence-corrected chi connectivity index (χ0v) is 18.8. The average Bonchev–Trinajstić information content (AvgIpc) is 3.12. The van der Waals surface area contributed by atoms with E-state index in [1.54, 1.807) is 18.5 Å². The number of aromatic nitrogens is 4. The van der Waals surface area contributed by atoms with E-state index in [1.165, 1.54) is 0 Å². The topological polar surface area (TPSA) is 58.4 Å². The van der Waals surface area contributed by atoms with Crippen LogP contribution in [0.1, 0.15) is 13.8 Å². The van der Waals surface area contributed by atoms with Crippen LogP contribution in [-0.4, -0.2) is 44.8 Å². The van der Waals surface area contributed by atoms with Crippen LogP contribution in [0.15, 0.2) is 54.9 Å². The van der Waals surface area contributed by atoms with Crippen LogP contribution in [0, 0.1) is 0 Å². The first kappa shape index (κ1) is 20.2. The third kappa shape index (κ3) is 3.99. The number of nitrogens with zero attached hydrogens (tertiary/aromatic N) is 5. The molecule has 8 heteroatoms. The smallest absolute Gasteiger partial charge is 0.155 e. The quantitative estimate of drug-likeness (QED) is 0.476. The van der Waals surface area contributed by atoms with Gasteiger partial charge in [0, 0.05) is 58.7 Å². The minimum atomic E-state index is 0.0282. The van der Waals surface area contributed by atoms with E-state index in [9.17, 15) is 0 Å². The second-order valence-electron chi connectivity index (χ2n) is 8.40. The zero-order valence-electron chi connectivity index (χ0n) is 17.3. The van der Waals surface area contributed by atoms with Gasteiger partial charge in [-0.2, -0.15) is 0 Å². The summed E-state index contributed by atoms with van der Waals surface area (Å²) in [7, 11) is 0. The van der Waals surface area contributed by atoms with Gasteiger partial charge >= 0.3 is 0 Å². The van der Waals surface area contributed by atoms with Crippen molar-refractivity contribution in [3.05, 3.63) is 64.9 Å². The highest BCUT2D eigenvalue weighted by Crippen LogP contribution is 2.35. The molecule has 0 atom stereocenters. The van der Waals surface area contributed by atoms with Crippen LogP contribution in [0.4, 0.5) is 5.82 Å². The molecule has 0 aliphatic carbocycles. The van der Waals surface area contributed by atoms with Gasteiger partial charge in [-0.05, 0) is 56.3 Å². The molecule has 1 N–H and O–H groups in total. The number of hydrogen-bond acceptors (Lipinski definition) is 5. The molecule has 4 heterocycles. The van der Waals surface area contributed by atoms with Crippen LogP contribution in [0.25, 0.3) is 28.2 Å². The average molecular weight is 453 g/mol. The number of halogens is 2. The van der Waals surface area contributed by atoms with Crippen molar-refractivity contribution in [1.82, 2.24) is 24.9 Å². The second kappa shape index (κ2) is 7.79. The van der Waals surface area contributed by atoms with Crippen molar-refractivity contribution < 1.29 is 0 Å². The predicted octanol–water partition coefficient (Wildman–Crippen LogP) is 4.95. The summed E-state index contributed by atoms with van der Waals surface area (Å²) in [5.41, 5.74) is 4.27. The number of hydrogen-bond donors (Lipinski definition) is 1. The Bertz CT molecular complexity index is 1230. The molecular weight excluding hydrogens is 431 g/mol. The summed E-state index contributed by atoms with van der Waals surface area (Å²) >= 11 is 12.6. The van der Waals surface area contributed by atoms with Crippen molar-refractivity contribution in [2.24, 2.45) is 0 Å². The van der Waals surface area contributed by atoms with Crippen LogP contribution in [0.3, 0.4) is 0 Å². The van der Waals surface area contributed by atoms with Gasteiger partial charge in [-0.3, -0.25) is 4.98 Å². The second-order valence-corrected chi connectivity index (χ2v) is 9.27. The van der Waals surface area contributed by atoms with Crippen LogP contribution in [0.5, 0.6) is 0 Å². The molecule has 0 bridgehead atoms. The van der Waals surface area contributed by atoms with Gasteiger partial charge in [-0.25, -0.2) is 9.50 Å². The highest BCUT2D eigenvalue weighted by atomic mass is 35.5. The van der Waals surface area contributed by atoms with E-state index in [2.05, 4.69) is 29.0 Å². The molecule has 1 fully saturated rings. The van der Waals surface area contributed by atoms with Gasteiger partial charge in [0.05, 0.1) is 5.69 Å². The normalized spacial score (nSPS) is 16.1. The summed E-state index contributed by atoms with van der Waals surface area (Å²) in [6.45, 7) is 7.11. The standard InChI is InChI=1S/C23H22Cl2N6/c1-23(2)14-30(10-9-27-23)20-4-3-19-28-21(16-11-17(24)13-18(25)12-16)22(31(19)29-20)15-5-7-26-8-6-15/h3-8,11-13,27H,9-10,14H2,1-2H3. The minimum absolute atomic E-state index is 0.0282. The Morgan fingerprint density at radius 2 is 1.71 bits per heavy atom. The van der Waals surface area contributed by atoms with Crippen LogP contribution < -0.4 is 10.2 Å². The van der Waals surface area contributed by atoms with Gasteiger partial charge in [0.15, 0.2) is 5.65 Å². The molecule has 5 rings (SSSR count). The highest BCUT2D eigenvalue weighted by molar-refractivity contribution is 6.35. The number of pyridine rings is 1. The van der Waals surface area contributed by atoms with E-state index in [-0.39, 0.29) is 5.54 Å². The molecule has 158 valence electrons. The summed E-state index contributed by atoms with van der Waals surface area (Å²) in [4.78, 5) is 11.4. The van der Waals surface area contributed by atoms with Gasteiger partial charge in [-0.15, -0.1) is 5.10 Å². The molecule has 1 aliphatic heterocycles. The molecule has 1 saturated heterocycles. The minimum Gasteiger partial charge on any atom is -0.352 e. The van der Waals surface area contributed by atoms with E-state index in [1.807, 2.05) is 40.9 Å². The summed E-state index contributed by atoms with van der Waals surface area (Å²) in [6, 6.07) is 13.4. The van der Waals surface area contributed by atoms with Gasteiger partial charge in [0.1, 0.15) is 11.5 Å². The molecule has 0 radical (unpaired) electrons. The molecule has 0 unspecified atom stereocenters. The Morgan fingerprint density at radius 3 is 2.42 bits per heavy atom. The van der Waals surface area contributed by atoms with Crippen molar-refractivity contribution in [3.8, 4) is 22.5 Å². The molecule has 3 aromatic heterocycles. The lowest BCUT2D eigenvalue weighted by Gasteiger charge is -2.39. The number of fused-ring (bicyclic) bond motifs is 1. The number of anilines is 1. The molecule has 0 spiro atoms. The van der Waals surface area contributed by atoms with Gasteiger partial charge in [0.2, 0.25) is 0 Å². The first-order valence-corrected chi connectivity index (χ1v) is 10.9. The number of piperazine rings is 1. The maximum atomic E-state index is 6.29. The van der Waals surface area contributed by atoms with E-state index < -0.39 is 0 Å². The summed E-state index contributed by atoms with van der Waals surface area (Å²) < 4.78 is 1.91. The fourth-order valence-electron chi connectivity index (χ4n) is 4.09. The Kier molecular flexibility index (Phi) is 5.08. The third-order valence-corrected chi connectivity index (χ3v) is 5.88. The predicted molar refractivity (Wildman–Crippen MR) is 126 cm³/mol. The Hall–Kier alpha value is -2.67. The fourth-order valence-corrected chi connectivity index (χ4v) is 4.62. The number of benzene rings is 1. The molecule has 31 heavy (non-hydrogen) atoms. The molecule has 6 nitrogen and oxygen atoms in total. The Labute approximate surface area is 190 Å². The maximum absolute atomic E-state index is 6.29. The third-order valence-electron chi connectivity index (χ3n) is 5.45. The maximum Gasteiger partial charge on any atom is 0.155 e. The van der Waals surface area contributed by atoms with E-state index in [0.29, 0.717) is 10.0 Å². The summed E-state index contributed by atoms with van der Waals surface area (Å²) in [5.74, 6) is 0.922. The van der Waals surface area contributed by atoms with Crippen molar-refractivity contribution in [2.75, 3.05) is 24.5 Å². The van der Waals surface area contributed by atoms with Gasteiger partial charge in [0.25, 0.3) is 0 Å². The lowest BCUT2D eigenvalue weighted by atomic mass is 10.0. The van der Waals surface area contributed by atoms with Crippen molar-refractivity contribution in [2.45, 2.75) is 19.4 Å². The Morgan fingerprint density at radius 1 is 0.968 bits per heavy atom. The van der Waals surface area contributed by atoms with Crippen molar-refractivity contribution in [1.29, 1.82) is 0 Å². The summed E-state index contributed by atoms with van der Waals surface area (Å²) in [6.07, 6.45) is 3.54. The van der Waals surface area contributed by atoms with E-state index >= 15 is 0 Å². The molecule has 0 amide bonds. The zero-order chi connectivity index (χ0) is 21.6. The van der Waals surface area contributed by atoms with E-state index in [4.69, 9.17) is 33.3 Å². The lowest BCUT2D eigenvalue weighted by molar-refractivity contribution is 0.351. The van der Waals surface area contributed by atoms with Crippen molar-refractivity contribution in [3.63, 3.8) is 0 Å². The largest absolute Gasteiger partial charge is 0.352 e. The van der Waals surface area contributed by atoms with E-state index in [0.717, 1.165) is 53.6 Å². The lowest BCUT2D eigenvalue weighted by Crippen LogP contribution is -2.57. The molecule has 4 aromatic rings. The Balaban J connectivity index is 1.71. The molecule has 0 saturated carbocycles. The molecule has 1 aliphatic rings. The van der Waals surface area contributed by atoms with Crippen molar-refractivity contribution >= 4 is 34.7 Å². The fraction of sp³-hybridized carbons (Fsp3) is 0.261. The summed E-state index contributed by atoms with van der Waals surface area (Å²) in [5, 5.41) is 9.68. The first-order valence-electron chi connectivity index (χ1n) is 10.2. The number of imidazole rings is 1. The molecule has 1 aromatic carbocycles. The first-order chi connectivity index (χ1) is 14.9. The monoisotopic (exact) mass is 452 g/mol. The van der Waals surface area contributed by atoms with Gasteiger partial charge < -0.3 is 10.2 Å². The van der Waals surface area contributed by atoms with Gasteiger partial charge in [-0.1, -0.05) is 23.2 Å². The SMILES string of the molecule is CC1(C)CN(c2ccc3nc(-c4cc(Cl)cc(Cl)c4)c(-c4ccncc4)n3n2)CCN1. The number of rotatable bonds is 3. The van der Waals surface area contributed by atoms with Crippen LogP contribution in [0.2, 0.25) is 10.0 Å². The molecular formula is C23H22Cl2N6. The van der Waals surface area contributed by atoms with Crippen LogP contribution in [-0.2, 0) is 0 Å². The number of nitrogens with one attached hydrogen (secondary N) is 1.